The number of ether oxygens (including phenoxy) is 1. The van der Waals surface area contributed by atoms with Gasteiger partial charge in [0.1, 0.15) is 11.5 Å². The molecule has 2 aromatic carbocycles. The van der Waals surface area contributed by atoms with Gasteiger partial charge in [-0.2, -0.15) is 0 Å². The van der Waals surface area contributed by atoms with Gasteiger partial charge in [0.15, 0.2) is 0 Å². The Hall–Kier alpha value is -4.02. The number of carbonyl (C=O) groups is 2. The molecule has 190 valence electrons. The van der Waals surface area contributed by atoms with Crippen LogP contribution in [0.5, 0.6) is 5.75 Å². The maximum atomic E-state index is 12.6. The molecule has 0 radical (unpaired) electrons. The molecule has 36 heavy (non-hydrogen) atoms. The molecule has 1 heterocycles. The number of Topliss-reactive ketones (excluding diaryl/α,β-unsaturated/α-hetero) is 1. The first kappa shape index (κ1) is 26.6. The average molecular weight is 493 g/mol. The Kier molecular flexibility index (Phi) is 10.2. The molecule has 0 aliphatic rings. The Morgan fingerprint density at radius 3 is 2.56 bits per heavy atom. The fraction of sp³-hybridized carbons (Fsp3) is 0.308. The van der Waals surface area contributed by atoms with Crippen LogP contribution in [0.3, 0.4) is 0 Å². The molecule has 3 rings (SSSR count). The van der Waals surface area contributed by atoms with Crippen LogP contribution in [-0.4, -0.2) is 41.5 Å². The summed E-state index contributed by atoms with van der Waals surface area (Å²) in [6, 6.07) is 14.0. The molecule has 6 N–H and O–H groups in total. The van der Waals surface area contributed by atoms with Crippen molar-refractivity contribution >= 4 is 23.5 Å². The minimum Gasteiger partial charge on any atom is -0.491 e. The number of aromatic amines is 1. The highest BCUT2D eigenvalue weighted by molar-refractivity contribution is 5.99. The van der Waals surface area contributed by atoms with E-state index < -0.39 is 6.03 Å². The van der Waals surface area contributed by atoms with E-state index in [9.17, 15) is 14.4 Å². The average Bonchev–Trinajstić information content (AvgIpc) is 2.86. The van der Waals surface area contributed by atoms with Gasteiger partial charge in [-0.15, -0.1) is 0 Å². The van der Waals surface area contributed by atoms with Crippen molar-refractivity contribution in [2.45, 2.75) is 32.7 Å². The standard InChI is InChI=1S/C26H32N6O4/c1-18(33)6-4-15-36-23-8-3-2-7-22(23)30-26(35)32-25-29-17-21(24(34)31-25)20-11-9-19(10-12-20)16-28-14-5-13-27/h2-3,7-12,17,28H,4-6,13-16,27H2,1H3,(H3,29,30,31,32,34,35). The van der Waals surface area contributed by atoms with Crippen molar-refractivity contribution < 1.29 is 14.3 Å². The van der Waals surface area contributed by atoms with E-state index in [-0.39, 0.29) is 17.3 Å². The van der Waals surface area contributed by atoms with Gasteiger partial charge in [0.05, 0.1) is 17.9 Å². The first-order valence-electron chi connectivity index (χ1n) is 11.8. The Labute approximate surface area is 209 Å². The lowest BCUT2D eigenvalue weighted by molar-refractivity contribution is -0.117. The van der Waals surface area contributed by atoms with E-state index in [1.807, 2.05) is 24.3 Å². The predicted molar refractivity (Wildman–Crippen MR) is 140 cm³/mol. The summed E-state index contributed by atoms with van der Waals surface area (Å²) in [6.07, 6.45) is 3.36. The number of nitrogens with one attached hydrogen (secondary N) is 4. The third-order valence-electron chi connectivity index (χ3n) is 5.25. The summed E-state index contributed by atoms with van der Waals surface area (Å²) in [4.78, 5) is 43.0. The van der Waals surface area contributed by atoms with Crippen LogP contribution in [0.2, 0.25) is 0 Å². The number of nitrogens with two attached hydrogens (primary N) is 1. The predicted octanol–water partition coefficient (Wildman–Crippen LogP) is 3.27. The number of ketones is 1. The van der Waals surface area contributed by atoms with Gasteiger partial charge in [-0.05, 0) is 56.1 Å². The SMILES string of the molecule is CC(=O)CCCOc1ccccc1NC(=O)Nc1ncc(-c2ccc(CNCCCN)cc2)c(=O)[nH]1. The number of hydrogen-bond acceptors (Lipinski definition) is 7. The number of hydrogen-bond donors (Lipinski definition) is 5. The lowest BCUT2D eigenvalue weighted by Gasteiger charge is -2.13. The van der Waals surface area contributed by atoms with Crippen LogP contribution in [0.15, 0.2) is 59.5 Å². The number of rotatable bonds is 13. The molecule has 0 fully saturated rings. The Bertz CT molecular complexity index is 1210. The van der Waals surface area contributed by atoms with E-state index in [1.165, 1.54) is 13.1 Å². The largest absolute Gasteiger partial charge is 0.491 e. The summed E-state index contributed by atoms with van der Waals surface area (Å²) < 4.78 is 5.69. The smallest absolute Gasteiger partial charge is 0.326 e. The molecule has 0 bridgehead atoms. The molecule has 0 atom stereocenters. The molecule has 0 aliphatic heterocycles. The van der Waals surface area contributed by atoms with E-state index >= 15 is 0 Å². The third kappa shape index (κ3) is 8.33. The number of urea groups is 1. The molecular formula is C26H32N6O4. The second-order valence-corrected chi connectivity index (χ2v) is 8.22. The van der Waals surface area contributed by atoms with Crippen molar-refractivity contribution in [1.82, 2.24) is 15.3 Å². The summed E-state index contributed by atoms with van der Waals surface area (Å²) in [5, 5.41) is 8.53. The quantitative estimate of drug-likeness (QED) is 0.230. The van der Waals surface area contributed by atoms with Crippen molar-refractivity contribution in [1.29, 1.82) is 0 Å². The van der Waals surface area contributed by atoms with Crippen LogP contribution in [0.25, 0.3) is 11.1 Å². The Balaban J connectivity index is 1.58. The highest BCUT2D eigenvalue weighted by Crippen LogP contribution is 2.24. The summed E-state index contributed by atoms with van der Waals surface area (Å²) in [7, 11) is 0. The second kappa shape index (κ2) is 13.8. The first-order valence-corrected chi connectivity index (χ1v) is 11.8. The van der Waals surface area contributed by atoms with Crippen molar-refractivity contribution in [3.63, 3.8) is 0 Å². The van der Waals surface area contributed by atoms with E-state index in [0.29, 0.717) is 43.0 Å². The maximum Gasteiger partial charge on any atom is 0.326 e. The summed E-state index contributed by atoms with van der Waals surface area (Å²) >= 11 is 0. The van der Waals surface area contributed by atoms with Crippen LogP contribution in [0.1, 0.15) is 31.7 Å². The topological polar surface area (TPSA) is 151 Å². The lowest BCUT2D eigenvalue weighted by atomic mass is 10.1. The first-order chi connectivity index (χ1) is 17.5. The van der Waals surface area contributed by atoms with Gasteiger partial charge in [0.2, 0.25) is 5.95 Å². The number of nitrogens with zero attached hydrogens (tertiary/aromatic N) is 1. The fourth-order valence-electron chi connectivity index (χ4n) is 3.39. The molecule has 3 aromatic rings. The molecule has 0 unspecified atom stereocenters. The molecular weight excluding hydrogens is 460 g/mol. The summed E-state index contributed by atoms with van der Waals surface area (Å²) in [5.74, 6) is 0.591. The summed E-state index contributed by atoms with van der Waals surface area (Å²) in [5.41, 5.74) is 7.79. The number of benzene rings is 2. The fourth-order valence-corrected chi connectivity index (χ4v) is 3.39. The van der Waals surface area contributed by atoms with Crippen LogP contribution in [0.4, 0.5) is 16.4 Å². The van der Waals surface area contributed by atoms with Crippen molar-refractivity contribution in [2.75, 3.05) is 30.3 Å². The van der Waals surface area contributed by atoms with Crippen molar-refractivity contribution in [3.05, 3.63) is 70.6 Å². The van der Waals surface area contributed by atoms with E-state index in [0.717, 1.165) is 30.6 Å². The molecule has 10 heteroatoms. The monoisotopic (exact) mass is 492 g/mol. The van der Waals surface area contributed by atoms with Gasteiger partial charge in [0, 0.05) is 19.2 Å². The van der Waals surface area contributed by atoms with E-state index in [2.05, 4.69) is 25.9 Å². The van der Waals surface area contributed by atoms with E-state index in [1.54, 1.807) is 24.3 Å². The van der Waals surface area contributed by atoms with Crippen LogP contribution < -0.4 is 32.0 Å². The third-order valence-corrected chi connectivity index (χ3v) is 5.25. The van der Waals surface area contributed by atoms with Crippen molar-refractivity contribution in [2.24, 2.45) is 5.73 Å². The van der Waals surface area contributed by atoms with Gasteiger partial charge >= 0.3 is 6.03 Å². The highest BCUT2D eigenvalue weighted by Gasteiger charge is 2.11. The normalized spacial score (nSPS) is 10.6. The van der Waals surface area contributed by atoms with Gasteiger partial charge in [-0.1, -0.05) is 36.4 Å². The van der Waals surface area contributed by atoms with Crippen LogP contribution in [-0.2, 0) is 11.3 Å². The van der Waals surface area contributed by atoms with Gasteiger partial charge in [-0.25, -0.2) is 9.78 Å². The zero-order valence-electron chi connectivity index (χ0n) is 20.3. The van der Waals surface area contributed by atoms with Crippen LogP contribution in [0, 0.1) is 0 Å². The molecule has 0 saturated carbocycles. The molecule has 0 saturated heterocycles. The molecule has 2 amide bonds. The second-order valence-electron chi connectivity index (χ2n) is 8.22. The van der Waals surface area contributed by atoms with Crippen LogP contribution >= 0.6 is 0 Å². The van der Waals surface area contributed by atoms with Crippen molar-refractivity contribution in [3.8, 4) is 16.9 Å². The minimum atomic E-state index is -0.586. The highest BCUT2D eigenvalue weighted by atomic mass is 16.5. The number of H-pyrrole nitrogens is 1. The Morgan fingerprint density at radius 1 is 1.06 bits per heavy atom. The lowest BCUT2D eigenvalue weighted by Crippen LogP contribution is -2.23. The maximum absolute atomic E-state index is 12.6. The number of anilines is 2. The number of para-hydroxylation sites is 2. The number of carbonyl (C=O) groups excluding carboxylic acids is 2. The Morgan fingerprint density at radius 2 is 1.83 bits per heavy atom. The van der Waals surface area contributed by atoms with E-state index in [4.69, 9.17) is 10.5 Å². The zero-order valence-corrected chi connectivity index (χ0v) is 20.3. The molecule has 0 aliphatic carbocycles. The van der Waals surface area contributed by atoms with Gasteiger partial charge < -0.3 is 25.9 Å². The molecule has 0 spiro atoms. The molecule has 10 nitrogen and oxygen atoms in total. The summed E-state index contributed by atoms with van der Waals surface area (Å²) in [6.45, 7) is 4.11. The van der Waals surface area contributed by atoms with Gasteiger partial charge in [0.25, 0.3) is 5.56 Å². The molecule has 1 aromatic heterocycles. The number of amides is 2. The zero-order chi connectivity index (χ0) is 25.8. The van der Waals surface area contributed by atoms with Gasteiger partial charge in [-0.3, -0.25) is 15.1 Å². The number of aromatic nitrogens is 2. The minimum absolute atomic E-state index is 0.0156.